The number of nitrogens with one attached hydrogen (secondary N) is 2. The van der Waals surface area contributed by atoms with Crippen molar-refractivity contribution in [2.24, 2.45) is 0 Å². The van der Waals surface area contributed by atoms with Crippen molar-refractivity contribution < 1.29 is 9.53 Å². The smallest absolute Gasteiger partial charge is 0.258 e. The van der Waals surface area contributed by atoms with Gasteiger partial charge in [-0.05, 0) is 73.2 Å². The number of carbonyl (C=O) groups is 1. The highest BCUT2D eigenvalue weighted by molar-refractivity contribution is 5.81. The van der Waals surface area contributed by atoms with Gasteiger partial charge in [0.1, 0.15) is 5.75 Å². The number of ether oxygens (including phenoxy) is 1. The molecule has 0 saturated heterocycles. The summed E-state index contributed by atoms with van der Waals surface area (Å²) in [6.07, 6.45) is 0. The van der Waals surface area contributed by atoms with Crippen LogP contribution < -0.4 is 15.6 Å². The van der Waals surface area contributed by atoms with Crippen molar-refractivity contribution in [3.8, 4) is 5.75 Å². The summed E-state index contributed by atoms with van der Waals surface area (Å²) >= 11 is 0. The fourth-order valence-corrected chi connectivity index (χ4v) is 2.75. The zero-order chi connectivity index (χ0) is 18.7. The van der Waals surface area contributed by atoms with E-state index in [2.05, 4.69) is 10.3 Å². The minimum Gasteiger partial charge on any atom is -0.484 e. The molecule has 0 saturated carbocycles. The van der Waals surface area contributed by atoms with Crippen LogP contribution in [-0.4, -0.2) is 17.5 Å². The molecule has 0 aliphatic rings. The molecular weight excluding hydrogens is 328 g/mol. The van der Waals surface area contributed by atoms with Gasteiger partial charge in [-0.3, -0.25) is 9.59 Å². The van der Waals surface area contributed by atoms with Crippen molar-refractivity contribution in [2.75, 3.05) is 6.61 Å². The van der Waals surface area contributed by atoms with Gasteiger partial charge in [0, 0.05) is 17.6 Å². The lowest BCUT2D eigenvalue weighted by Gasteiger charge is -2.09. The minimum atomic E-state index is -0.272. The lowest BCUT2D eigenvalue weighted by molar-refractivity contribution is -0.123. The monoisotopic (exact) mass is 350 g/mol. The Kier molecular flexibility index (Phi) is 5.07. The van der Waals surface area contributed by atoms with E-state index in [4.69, 9.17) is 4.74 Å². The first kappa shape index (κ1) is 17.7. The van der Waals surface area contributed by atoms with Crippen LogP contribution in [-0.2, 0) is 11.3 Å². The number of benzene rings is 2. The summed E-state index contributed by atoms with van der Waals surface area (Å²) in [5.41, 5.74) is 4.48. The third-order valence-electron chi connectivity index (χ3n) is 4.37. The molecule has 0 bridgehead atoms. The summed E-state index contributed by atoms with van der Waals surface area (Å²) in [6.45, 7) is 6.07. The molecule has 0 radical (unpaired) electrons. The van der Waals surface area contributed by atoms with Crippen LogP contribution in [0.2, 0.25) is 0 Å². The van der Waals surface area contributed by atoms with Crippen molar-refractivity contribution in [1.29, 1.82) is 0 Å². The van der Waals surface area contributed by atoms with Crippen LogP contribution in [0.25, 0.3) is 10.9 Å². The highest BCUT2D eigenvalue weighted by Gasteiger charge is 2.08. The van der Waals surface area contributed by atoms with Gasteiger partial charge in [-0.15, -0.1) is 0 Å². The number of aromatic nitrogens is 1. The fraction of sp³-hybridized carbons (Fsp3) is 0.238. The molecule has 2 aromatic carbocycles. The van der Waals surface area contributed by atoms with Gasteiger partial charge >= 0.3 is 0 Å². The van der Waals surface area contributed by atoms with Gasteiger partial charge in [-0.25, -0.2) is 0 Å². The predicted octanol–water partition coefficient (Wildman–Crippen LogP) is 3.15. The molecule has 0 aliphatic carbocycles. The number of hydrogen-bond acceptors (Lipinski definition) is 3. The predicted molar refractivity (Wildman–Crippen MR) is 103 cm³/mol. The number of amides is 1. The summed E-state index contributed by atoms with van der Waals surface area (Å²) < 4.78 is 5.47. The number of rotatable bonds is 5. The maximum absolute atomic E-state index is 12.2. The Labute approximate surface area is 152 Å². The lowest BCUT2D eigenvalue weighted by Crippen LogP contribution is -2.30. The number of carbonyl (C=O) groups excluding carboxylic acids is 1. The van der Waals surface area contributed by atoms with Crippen LogP contribution in [0.5, 0.6) is 5.75 Å². The van der Waals surface area contributed by atoms with E-state index in [1.54, 1.807) is 6.07 Å². The second-order valence-corrected chi connectivity index (χ2v) is 6.53. The van der Waals surface area contributed by atoms with Gasteiger partial charge in [0.15, 0.2) is 6.61 Å². The van der Waals surface area contributed by atoms with Crippen LogP contribution in [0.15, 0.2) is 47.3 Å². The molecule has 3 rings (SSSR count). The number of fused-ring (bicyclic) bond motifs is 1. The fourth-order valence-electron chi connectivity index (χ4n) is 2.75. The van der Waals surface area contributed by atoms with Gasteiger partial charge in [0.2, 0.25) is 0 Å². The molecule has 26 heavy (non-hydrogen) atoms. The second kappa shape index (κ2) is 7.44. The average Bonchev–Trinajstić information content (AvgIpc) is 2.60. The number of pyridine rings is 1. The summed E-state index contributed by atoms with van der Waals surface area (Å²) in [7, 11) is 0. The molecule has 0 spiro atoms. The van der Waals surface area contributed by atoms with Crippen molar-refractivity contribution in [2.45, 2.75) is 27.3 Å². The Morgan fingerprint density at radius 1 is 1.08 bits per heavy atom. The Balaban J connectivity index is 1.65. The molecule has 134 valence electrons. The first-order chi connectivity index (χ1) is 12.4. The molecule has 1 aromatic heterocycles. The van der Waals surface area contributed by atoms with E-state index in [0.29, 0.717) is 11.3 Å². The zero-order valence-corrected chi connectivity index (χ0v) is 15.2. The molecule has 5 heteroatoms. The van der Waals surface area contributed by atoms with E-state index < -0.39 is 0 Å². The van der Waals surface area contributed by atoms with E-state index in [1.165, 1.54) is 0 Å². The maximum atomic E-state index is 12.2. The van der Waals surface area contributed by atoms with E-state index in [0.717, 1.165) is 27.6 Å². The van der Waals surface area contributed by atoms with E-state index >= 15 is 0 Å². The van der Waals surface area contributed by atoms with Gasteiger partial charge in [0.25, 0.3) is 11.5 Å². The quantitative estimate of drug-likeness (QED) is 0.742. The van der Waals surface area contributed by atoms with Gasteiger partial charge in [0.05, 0.1) is 0 Å². The topological polar surface area (TPSA) is 71.2 Å². The molecule has 3 aromatic rings. The van der Waals surface area contributed by atoms with Crippen LogP contribution in [0.1, 0.15) is 22.3 Å². The first-order valence-corrected chi connectivity index (χ1v) is 8.52. The zero-order valence-electron chi connectivity index (χ0n) is 15.2. The van der Waals surface area contributed by atoms with Gasteiger partial charge in [-0.2, -0.15) is 0 Å². The highest BCUT2D eigenvalue weighted by atomic mass is 16.5. The molecule has 5 nitrogen and oxygen atoms in total. The molecule has 0 unspecified atom stereocenters. The number of hydrogen-bond donors (Lipinski definition) is 2. The largest absolute Gasteiger partial charge is 0.484 e. The second-order valence-electron chi connectivity index (χ2n) is 6.53. The van der Waals surface area contributed by atoms with Gasteiger partial charge < -0.3 is 15.0 Å². The average molecular weight is 350 g/mol. The number of aromatic amines is 1. The molecule has 0 aliphatic heterocycles. The number of H-pyrrole nitrogens is 1. The molecule has 1 heterocycles. The first-order valence-electron chi connectivity index (χ1n) is 8.52. The van der Waals surface area contributed by atoms with Crippen LogP contribution >= 0.6 is 0 Å². The van der Waals surface area contributed by atoms with Crippen molar-refractivity contribution in [1.82, 2.24) is 10.3 Å². The Bertz CT molecular complexity index is 1020. The van der Waals surface area contributed by atoms with Crippen molar-refractivity contribution >= 4 is 16.8 Å². The molecule has 0 fully saturated rings. The summed E-state index contributed by atoms with van der Waals surface area (Å²) in [6, 6.07) is 13.3. The SMILES string of the molecule is Cc1cccc(OCC(=O)NCc2cc3cc(C)c(C)cc3[nH]c2=O)c1. The highest BCUT2D eigenvalue weighted by Crippen LogP contribution is 2.17. The Hall–Kier alpha value is -3.08. The van der Waals surface area contributed by atoms with Crippen molar-refractivity contribution in [3.05, 3.63) is 75.1 Å². The third-order valence-corrected chi connectivity index (χ3v) is 4.37. The van der Waals surface area contributed by atoms with Crippen LogP contribution in [0.4, 0.5) is 0 Å². The maximum Gasteiger partial charge on any atom is 0.258 e. The molecule has 0 atom stereocenters. The molecule has 2 N–H and O–H groups in total. The van der Waals surface area contributed by atoms with Gasteiger partial charge in [-0.1, -0.05) is 12.1 Å². The van der Waals surface area contributed by atoms with E-state index in [-0.39, 0.29) is 24.6 Å². The summed E-state index contributed by atoms with van der Waals surface area (Å²) in [4.78, 5) is 27.1. The minimum absolute atomic E-state index is 0.0900. The molecule has 1 amide bonds. The third kappa shape index (κ3) is 4.11. The molecular formula is C21H22N2O3. The number of aryl methyl sites for hydroxylation is 3. The van der Waals surface area contributed by atoms with Crippen LogP contribution in [0.3, 0.4) is 0 Å². The van der Waals surface area contributed by atoms with E-state index in [1.807, 2.05) is 57.2 Å². The normalized spacial score (nSPS) is 10.7. The van der Waals surface area contributed by atoms with Crippen molar-refractivity contribution in [3.63, 3.8) is 0 Å². The Morgan fingerprint density at radius 3 is 2.62 bits per heavy atom. The standard InChI is InChI=1S/C21H22N2O3/c1-13-5-4-6-18(7-13)26-12-20(24)22-11-17-10-16-8-14(2)15(3)9-19(16)23-21(17)25/h4-10H,11-12H2,1-3H3,(H,22,24)(H,23,25). The Morgan fingerprint density at radius 2 is 1.85 bits per heavy atom. The summed E-state index contributed by atoms with van der Waals surface area (Å²) in [5.74, 6) is 0.376. The summed E-state index contributed by atoms with van der Waals surface area (Å²) in [5, 5.41) is 3.68. The lowest BCUT2D eigenvalue weighted by atomic mass is 10.1. The van der Waals surface area contributed by atoms with Crippen LogP contribution in [0, 0.1) is 20.8 Å². The van der Waals surface area contributed by atoms with E-state index in [9.17, 15) is 9.59 Å².